The zero-order valence-electron chi connectivity index (χ0n) is 11.4. The van der Waals surface area contributed by atoms with E-state index in [0.29, 0.717) is 12.8 Å². The maximum absolute atomic E-state index is 13.9. The lowest BCUT2D eigenvalue weighted by atomic mass is 9.85. The van der Waals surface area contributed by atoms with Gasteiger partial charge in [-0.15, -0.1) is 0 Å². The van der Waals surface area contributed by atoms with Crippen molar-refractivity contribution in [1.82, 2.24) is 4.72 Å². The fourth-order valence-corrected chi connectivity index (χ4v) is 4.01. The maximum atomic E-state index is 13.9. The molecular formula is C13H18ClFN2O3S. The van der Waals surface area contributed by atoms with Crippen molar-refractivity contribution < 1.29 is 17.9 Å². The fraction of sp³-hybridized carbons (Fsp3) is 0.538. The van der Waals surface area contributed by atoms with Crippen LogP contribution in [0.25, 0.3) is 0 Å². The lowest BCUT2D eigenvalue weighted by molar-refractivity contribution is 0.00944. The van der Waals surface area contributed by atoms with Gasteiger partial charge in [0.05, 0.1) is 10.6 Å². The van der Waals surface area contributed by atoms with E-state index in [9.17, 15) is 17.9 Å². The smallest absolute Gasteiger partial charge is 0.243 e. The first-order valence-corrected chi connectivity index (χ1v) is 8.56. The summed E-state index contributed by atoms with van der Waals surface area (Å²) in [5, 5.41) is 9.93. The van der Waals surface area contributed by atoms with Gasteiger partial charge >= 0.3 is 0 Å². The van der Waals surface area contributed by atoms with Crippen LogP contribution in [0, 0.1) is 5.82 Å². The van der Waals surface area contributed by atoms with E-state index in [1.165, 1.54) is 0 Å². The van der Waals surface area contributed by atoms with E-state index in [0.717, 1.165) is 31.4 Å². The highest BCUT2D eigenvalue weighted by Gasteiger charge is 2.32. The van der Waals surface area contributed by atoms with Crippen LogP contribution in [-0.2, 0) is 10.0 Å². The molecule has 0 atom stereocenters. The minimum absolute atomic E-state index is 0.0538. The summed E-state index contributed by atoms with van der Waals surface area (Å²) in [4.78, 5) is -0.605. The second-order valence-corrected chi connectivity index (χ2v) is 7.57. The van der Waals surface area contributed by atoms with Gasteiger partial charge in [-0.25, -0.2) is 17.5 Å². The monoisotopic (exact) mass is 336 g/mol. The third kappa shape index (κ3) is 3.85. The number of rotatable bonds is 4. The molecule has 8 heteroatoms. The van der Waals surface area contributed by atoms with Crippen LogP contribution in [-0.4, -0.2) is 25.7 Å². The summed E-state index contributed by atoms with van der Waals surface area (Å²) in [6.07, 6.45) is 3.76. The van der Waals surface area contributed by atoms with Crippen molar-refractivity contribution in [3.8, 4) is 0 Å². The molecule has 0 aromatic heterocycles. The van der Waals surface area contributed by atoms with Crippen molar-refractivity contribution in [3.63, 3.8) is 0 Å². The minimum Gasteiger partial charge on any atom is -0.399 e. The quantitative estimate of drug-likeness (QED) is 0.733. The number of halogens is 2. The van der Waals surface area contributed by atoms with E-state index in [4.69, 9.17) is 17.3 Å². The van der Waals surface area contributed by atoms with Crippen molar-refractivity contribution in [2.24, 2.45) is 0 Å². The van der Waals surface area contributed by atoms with Gasteiger partial charge in [0.2, 0.25) is 10.0 Å². The molecule has 0 radical (unpaired) electrons. The number of hydrogen-bond acceptors (Lipinski definition) is 4. The van der Waals surface area contributed by atoms with E-state index >= 15 is 0 Å². The summed E-state index contributed by atoms with van der Waals surface area (Å²) in [6.45, 7) is -0.152. The lowest BCUT2D eigenvalue weighted by Crippen LogP contribution is -2.44. The Morgan fingerprint density at radius 2 is 1.95 bits per heavy atom. The van der Waals surface area contributed by atoms with Gasteiger partial charge in [-0.1, -0.05) is 30.9 Å². The van der Waals surface area contributed by atoms with Crippen molar-refractivity contribution >= 4 is 27.3 Å². The largest absolute Gasteiger partial charge is 0.399 e. The normalized spacial score (nSPS) is 18.6. The molecule has 1 fully saturated rings. The first kappa shape index (κ1) is 16.5. The van der Waals surface area contributed by atoms with E-state index < -0.39 is 26.3 Å². The van der Waals surface area contributed by atoms with Crippen molar-refractivity contribution in [1.29, 1.82) is 0 Å². The molecule has 1 aliphatic carbocycles. The molecule has 21 heavy (non-hydrogen) atoms. The molecule has 5 nitrogen and oxygen atoms in total. The van der Waals surface area contributed by atoms with E-state index in [-0.39, 0.29) is 17.3 Å². The van der Waals surface area contributed by atoms with Crippen LogP contribution in [0.1, 0.15) is 32.1 Å². The molecule has 1 saturated carbocycles. The molecule has 1 aromatic rings. The number of sulfonamides is 1. The van der Waals surface area contributed by atoms with Gasteiger partial charge in [-0.05, 0) is 25.0 Å². The Hall–Kier alpha value is -0.890. The van der Waals surface area contributed by atoms with Gasteiger partial charge in [0.15, 0.2) is 5.82 Å². The summed E-state index contributed by atoms with van der Waals surface area (Å²) in [5.74, 6) is -1.05. The summed E-state index contributed by atoms with van der Waals surface area (Å²) in [6, 6.07) is 2.15. The third-order valence-electron chi connectivity index (χ3n) is 3.68. The summed E-state index contributed by atoms with van der Waals surface area (Å²) >= 11 is 5.60. The van der Waals surface area contributed by atoms with Crippen molar-refractivity contribution in [2.45, 2.75) is 42.6 Å². The summed E-state index contributed by atoms with van der Waals surface area (Å²) in [5.41, 5.74) is 4.47. The van der Waals surface area contributed by atoms with Crippen LogP contribution in [0.15, 0.2) is 17.0 Å². The number of nitrogens with two attached hydrogens (primary N) is 1. The number of benzene rings is 1. The molecule has 1 aliphatic rings. The first-order valence-electron chi connectivity index (χ1n) is 6.70. The molecule has 0 saturated heterocycles. The molecule has 2 rings (SSSR count). The van der Waals surface area contributed by atoms with Gasteiger partial charge in [0, 0.05) is 12.2 Å². The standard InChI is InChI=1S/C13H18ClFN2O3S/c14-10-6-9(16)7-11(12(10)15)21(19,20)17-8-13(18)4-2-1-3-5-13/h6-7,17-18H,1-5,8,16H2. The van der Waals surface area contributed by atoms with Gasteiger partial charge in [-0.3, -0.25) is 0 Å². The molecule has 0 aliphatic heterocycles. The molecular weight excluding hydrogens is 319 g/mol. The molecule has 0 amide bonds. The van der Waals surface area contributed by atoms with Gasteiger partial charge in [-0.2, -0.15) is 0 Å². The predicted octanol–water partition coefficient (Wildman–Crippen LogP) is 2.03. The Bertz CT molecular complexity index is 631. The zero-order valence-corrected chi connectivity index (χ0v) is 13.0. The van der Waals surface area contributed by atoms with Crippen LogP contribution < -0.4 is 10.5 Å². The first-order chi connectivity index (χ1) is 9.73. The number of anilines is 1. The van der Waals surface area contributed by atoms with Crippen LogP contribution in [0.3, 0.4) is 0 Å². The Kier molecular flexibility index (Phi) is 4.77. The van der Waals surface area contributed by atoms with Gasteiger partial charge in [0.1, 0.15) is 4.90 Å². The second kappa shape index (κ2) is 6.08. The average Bonchev–Trinajstić information content (AvgIpc) is 2.42. The van der Waals surface area contributed by atoms with Gasteiger partial charge in [0.25, 0.3) is 0 Å². The highest BCUT2D eigenvalue weighted by atomic mass is 35.5. The van der Waals surface area contributed by atoms with Crippen LogP contribution in [0.4, 0.5) is 10.1 Å². The number of nitrogens with one attached hydrogen (secondary N) is 1. The Morgan fingerprint density at radius 1 is 1.33 bits per heavy atom. The minimum atomic E-state index is -4.12. The zero-order chi connectivity index (χ0) is 15.7. The molecule has 4 N–H and O–H groups in total. The maximum Gasteiger partial charge on any atom is 0.243 e. The third-order valence-corrected chi connectivity index (χ3v) is 5.36. The number of aliphatic hydroxyl groups is 1. The Morgan fingerprint density at radius 3 is 2.57 bits per heavy atom. The average molecular weight is 337 g/mol. The second-order valence-electron chi connectivity index (χ2n) is 5.42. The van der Waals surface area contributed by atoms with Crippen LogP contribution >= 0.6 is 11.6 Å². The summed E-state index contributed by atoms with van der Waals surface area (Å²) < 4.78 is 40.4. The Balaban J connectivity index is 2.19. The van der Waals surface area contributed by atoms with Crippen LogP contribution in [0.5, 0.6) is 0 Å². The topological polar surface area (TPSA) is 92.4 Å². The van der Waals surface area contributed by atoms with Crippen LogP contribution in [0.2, 0.25) is 5.02 Å². The van der Waals surface area contributed by atoms with Crippen molar-refractivity contribution in [2.75, 3.05) is 12.3 Å². The van der Waals surface area contributed by atoms with Gasteiger partial charge < -0.3 is 10.8 Å². The highest BCUT2D eigenvalue weighted by molar-refractivity contribution is 7.89. The molecule has 0 bridgehead atoms. The van der Waals surface area contributed by atoms with E-state index in [1.807, 2.05) is 0 Å². The van der Waals surface area contributed by atoms with E-state index in [1.54, 1.807) is 0 Å². The van der Waals surface area contributed by atoms with Crippen molar-refractivity contribution in [3.05, 3.63) is 23.0 Å². The Labute approximate surface area is 128 Å². The summed E-state index contributed by atoms with van der Waals surface area (Å²) in [7, 11) is -4.12. The molecule has 0 unspecified atom stereocenters. The predicted molar refractivity (Wildman–Crippen MR) is 79.0 cm³/mol. The molecule has 118 valence electrons. The molecule has 1 aromatic carbocycles. The fourth-order valence-electron chi connectivity index (χ4n) is 2.47. The van der Waals surface area contributed by atoms with E-state index in [2.05, 4.69) is 4.72 Å². The lowest BCUT2D eigenvalue weighted by Gasteiger charge is -2.32. The molecule has 0 spiro atoms. The number of nitrogen functional groups attached to an aromatic ring is 1. The molecule has 0 heterocycles. The SMILES string of the molecule is Nc1cc(Cl)c(F)c(S(=O)(=O)NCC2(O)CCCCC2)c1. The number of hydrogen-bond donors (Lipinski definition) is 3. The highest BCUT2D eigenvalue weighted by Crippen LogP contribution is 2.29.